The number of guanidine groups is 1. The molecule has 6 nitrogen and oxygen atoms in total. The average molecular weight is 334 g/mol. The molecule has 2 rings (SSSR count). The molecule has 134 valence electrons. The summed E-state index contributed by atoms with van der Waals surface area (Å²) in [6, 6.07) is 8.06. The standard InChI is InChI=1S/C18H30N4O2/c1-3-19-18(20-8-10-22-11-14-23-15-12-22)21-9-13-24-17-7-5-4-6-16(17)2/h4-7H,3,8-15H2,1-2H3,(H2,19,20,21). The molecule has 0 spiro atoms. The lowest BCUT2D eigenvalue weighted by molar-refractivity contribution is 0.0394. The zero-order valence-corrected chi connectivity index (χ0v) is 14.9. The third-order valence-corrected chi connectivity index (χ3v) is 3.88. The Bertz CT molecular complexity index is 502. The van der Waals surface area contributed by atoms with Crippen molar-refractivity contribution >= 4 is 5.96 Å². The van der Waals surface area contributed by atoms with Crippen molar-refractivity contribution in [3.05, 3.63) is 29.8 Å². The van der Waals surface area contributed by atoms with Crippen LogP contribution in [0.25, 0.3) is 0 Å². The molecule has 1 fully saturated rings. The van der Waals surface area contributed by atoms with E-state index in [0.29, 0.717) is 6.61 Å². The number of morpholine rings is 1. The number of rotatable bonds is 8. The molecule has 0 aromatic heterocycles. The number of nitrogens with one attached hydrogen (secondary N) is 2. The Morgan fingerprint density at radius 1 is 1.25 bits per heavy atom. The minimum Gasteiger partial charge on any atom is -0.491 e. The van der Waals surface area contributed by atoms with Gasteiger partial charge in [-0.25, -0.2) is 0 Å². The van der Waals surface area contributed by atoms with E-state index in [1.54, 1.807) is 0 Å². The second-order valence-corrected chi connectivity index (χ2v) is 5.76. The van der Waals surface area contributed by atoms with Crippen molar-refractivity contribution in [2.75, 3.05) is 59.1 Å². The molecule has 0 aliphatic carbocycles. The Labute approximate surface area is 145 Å². The third kappa shape index (κ3) is 6.76. The average Bonchev–Trinajstić information content (AvgIpc) is 2.61. The van der Waals surface area contributed by atoms with Gasteiger partial charge in [0.25, 0.3) is 0 Å². The fourth-order valence-electron chi connectivity index (χ4n) is 2.52. The fourth-order valence-corrected chi connectivity index (χ4v) is 2.52. The molecule has 2 N–H and O–H groups in total. The Morgan fingerprint density at radius 2 is 2.04 bits per heavy atom. The zero-order chi connectivity index (χ0) is 17.0. The van der Waals surface area contributed by atoms with Gasteiger partial charge in [0.05, 0.1) is 26.3 Å². The first-order chi connectivity index (χ1) is 11.8. The molecule has 1 aliphatic rings. The molecule has 1 aromatic rings. The fraction of sp³-hybridized carbons (Fsp3) is 0.611. The first-order valence-electron chi connectivity index (χ1n) is 8.80. The summed E-state index contributed by atoms with van der Waals surface area (Å²) in [5, 5.41) is 6.59. The smallest absolute Gasteiger partial charge is 0.191 e. The molecular formula is C18H30N4O2. The van der Waals surface area contributed by atoms with Gasteiger partial charge < -0.3 is 20.1 Å². The Kier molecular flexibility index (Phi) is 8.41. The summed E-state index contributed by atoms with van der Waals surface area (Å²) in [5.74, 6) is 1.78. The molecule has 1 aliphatic heterocycles. The van der Waals surface area contributed by atoms with Gasteiger partial charge >= 0.3 is 0 Å². The molecule has 24 heavy (non-hydrogen) atoms. The Balaban J connectivity index is 1.68. The lowest BCUT2D eigenvalue weighted by Crippen LogP contribution is -2.41. The van der Waals surface area contributed by atoms with Crippen LogP contribution in [-0.2, 0) is 4.74 Å². The third-order valence-electron chi connectivity index (χ3n) is 3.88. The summed E-state index contributed by atoms with van der Waals surface area (Å²) in [6.07, 6.45) is 0. The van der Waals surface area contributed by atoms with E-state index in [9.17, 15) is 0 Å². The monoisotopic (exact) mass is 334 g/mol. The molecule has 1 heterocycles. The highest BCUT2D eigenvalue weighted by molar-refractivity contribution is 5.79. The highest BCUT2D eigenvalue weighted by Gasteiger charge is 2.09. The van der Waals surface area contributed by atoms with Crippen LogP contribution in [0.5, 0.6) is 5.75 Å². The van der Waals surface area contributed by atoms with Crippen molar-refractivity contribution in [2.24, 2.45) is 4.99 Å². The molecular weight excluding hydrogens is 304 g/mol. The molecule has 1 saturated heterocycles. The van der Waals surface area contributed by atoms with Crippen molar-refractivity contribution in [3.8, 4) is 5.75 Å². The summed E-state index contributed by atoms with van der Waals surface area (Å²) < 4.78 is 11.2. The molecule has 0 amide bonds. The van der Waals surface area contributed by atoms with E-state index in [2.05, 4.69) is 40.4 Å². The van der Waals surface area contributed by atoms with Crippen LogP contribution in [0.4, 0.5) is 0 Å². The van der Waals surface area contributed by atoms with Crippen LogP contribution in [-0.4, -0.2) is 69.9 Å². The van der Waals surface area contributed by atoms with Crippen LogP contribution in [0.3, 0.4) is 0 Å². The summed E-state index contributed by atoms with van der Waals surface area (Å²) in [5.41, 5.74) is 1.16. The maximum absolute atomic E-state index is 5.80. The molecule has 0 radical (unpaired) electrons. The minimum absolute atomic E-state index is 0.610. The number of aryl methyl sites for hydroxylation is 1. The summed E-state index contributed by atoms with van der Waals surface area (Å²) in [4.78, 5) is 7.01. The highest BCUT2D eigenvalue weighted by atomic mass is 16.5. The van der Waals surface area contributed by atoms with E-state index in [-0.39, 0.29) is 0 Å². The summed E-state index contributed by atoms with van der Waals surface area (Å²) in [7, 11) is 0. The number of para-hydroxylation sites is 1. The van der Waals surface area contributed by atoms with E-state index in [1.165, 1.54) is 0 Å². The molecule has 0 atom stereocenters. The van der Waals surface area contributed by atoms with E-state index in [4.69, 9.17) is 9.47 Å². The van der Waals surface area contributed by atoms with Crippen LogP contribution in [0.15, 0.2) is 29.3 Å². The number of hydrogen-bond donors (Lipinski definition) is 2. The van der Waals surface area contributed by atoms with E-state index < -0.39 is 0 Å². The van der Waals surface area contributed by atoms with Gasteiger partial charge in [-0.3, -0.25) is 9.89 Å². The number of benzene rings is 1. The first kappa shape index (κ1) is 18.5. The number of aliphatic imine (C=N–C) groups is 1. The lowest BCUT2D eigenvalue weighted by atomic mass is 10.2. The Hall–Kier alpha value is -1.79. The van der Waals surface area contributed by atoms with Gasteiger partial charge in [0.1, 0.15) is 12.4 Å². The molecule has 1 aromatic carbocycles. The maximum Gasteiger partial charge on any atom is 0.191 e. The molecule has 0 bridgehead atoms. The van der Waals surface area contributed by atoms with Crippen LogP contribution >= 0.6 is 0 Å². The lowest BCUT2D eigenvalue weighted by Gasteiger charge is -2.25. The van der Waals surface area contributed by atoms with Crippen LogP contribution in [0.1, 0.15) is 12.5 Å². The maximum atomic E-state index is 5.80. The predicted octanol–water partition coefficient (Wildman–Crippen LogP) is 1.26. The van der Waals surface area contributed by atoms with E-state index in [0.717, 1.165) is 69.8 Å². The summed E-state index contributed by atoms with van der Waals surface area (Å²) >= 11 is 0. The minimum atomic E-state index is 0.610. The van der Waals surface area contributed by atoms with Crippen LogP contribution in [0.2, 0.25) is 0 Å². The van der Waals surface area contributed by atoms with Crippen molar-refractivity contribution < 1.29 is 9.47 Å². The predicted molar refractivity (Wildman–Crippen MR) is 97.9 cm³/mol. The van der Waals surface area contributed by atoms with E-state index in [1.807, 2.05) is 18.2 Å². The number of nitrogens with zero attached hydrogens (tertiary/aromatic N) is 2. The van der Waals surface area contributed by atoms with Gasteiger partial charge in [-0.05, 0) is 25.5 Å². The SMILES string of the molecule is CCNC(=NCCN1CCOCC1)NCCOc1ccccc1C. The quantitative estimate of drug-likeness (QED) is 0.426. The summed E-state index contributed by atoms with van der Waals surface area (Å²) in [6.45, 7) is 11.7. The zero-order valence-electron chi connectivity index (χ0n) is 14.9. The highest BCUT2D eigenvalue weighted by Crippen LogP contribution is 2.15. The topological polar surface area (TPSA) is 58.1 Å². The van der Waals surface area contributed by atoms with Gasteiger partial charge in [0.15, 0.2) is 5.96 Å². The Morgan fingerprint density at radius 3 is 2.79 bits per heavy atom. The second kappa shape index (κ2) is 10.9. The largest absolute Gasteiger partial charge is 0.491 e. The number of hydrogen-bond acceptors (Lipinski definition) is 4. The van der Waals surface area contributed by atoms with E-state index >= 15 is 0 Å². The normalized spacial score (nSPS) is 16.0. The van der Waals surface area contributed by atoms with Gasteiger partial charge in [-0.2, -0.15) is 0 Å². The molecule has 0 saturated carbocycles. The molecule has 0 unspecified atom stereocenters. The van der Waals surface area contributed by atoms with Crippen molar-refractivity contribution in [2.45, 2.75) is 13.8 Å². The van der Waals surface area contributed by atoms with Crippen molar-refractivity contribution in [1.29, 1.82) is 0 Å². The van der Waals surface area contributed by atoms with Gasteiger partial charge in [0, 0.05) is 26.2 Å². The second-order valence-electron chi connectivity index (χ2n) is 5.76. The van der Waals surface area contributed by atoms with Gasteiger partial charge in [0.2, 0.25) is 0 Å². The van der Waals surface area contributed by atoms with Gasteiger partial charge in [-0.1, -0.05) is 18.2 Å². The first-order valence-corrected chi connectivity index (χ1v) is 8.80. The van der Waals surface area contributed by atoms with Crippen molar-refractivity contribution in [3.63, 3.8) is 0 Å². The molecule has 6 heteroatoms. The van der Waals surface area contributed by atoms with Crippen LogP contribution in [0, 0.1) is 6.92 Å². The van der Waals surface area contributed by atoms with Gasteiger partial charge in [-0.15, -0.1) is 0 Å². The van der Waals surface area contributed by atoms with Crippen LogP contribution < -0.4 is 15.4 Å². The van der Waals surface area contributed by atoms with Crippen molar-refractivity contribution in [1.82, 2.24) is 15.5 Å². The number of ether oxygens (including phenoxy) is 2.